The minimum absolute atomic E-state index is 0.145. The lowest BCUT2D eigenvalue weighted by molar-refractivity contribution is 0.110. The lowest BCUT2D eigenvalue weighted by atomic mass is 10.1. The SMILES string of the molecule is CC(C)NCCCn1c(Sc2cc3c(cc2-c2ccc(C=O)o2)OCO3)nc2c(Nc3ccccc3)ncnc21. The number of para-hydroxylation sites is 1. The maximum Gasteiger partial charge on any atom is 0.231 e. The van der Waals surface area contributed by atoms with Crippen molar-refractivity contribution in [2.45, 2.75) is 42.9 Å². The van der Waals surface area contributed by atoms with Crippen molar-refractivity contribution in [1.82, 2.24) is 24.8 Å². The Morgan fingerprint density at radius 1 is 1.07 bits per heavy atom. The number of carbonyl (C=O) groups excluding carboxylic acids is 1. The van der Waals surface area contributed by atoms with E-state index in [2.05, 4.69) is 39.0 Å². The predicted octanol–water partition coefficient (Wildman–Crippen LogP) is 5.91. The average Bonchev–Trinajstić information content (AvgIpc) is 3.70. The summed E-state index contributed by atoms with van der Waals surface area (Å²) in [5.41, 5.74) is 3.10. The lowest BCUT2D eigenvalue weighted by Gasteiger charge is -2.12. The van der Waals surface area contributed by atoms with Crippen LogP contribution in [0, 0.1) is 0 Å². The quantitative estimate of drug-likeness (QED) is 0.150. The van der Waals surface area contributed by atoms with Crippen LogP contribution in [0.4, 0.5) is 11.5 Å². The van der Waals surface area contributed by atoms with Crippen molar-refractivity contribution in [3.63, 3.8) is 0 Å². The maximum atomic E-state index is 11.3. The second-order valence-electron chi connectivity index (χ2n) is 9.52. The van der Waals surface area contributed by atoms with Gasteiger partial charge < -0.3 is 29.1 Å². The summed E-state index contributed by atoms with van der Waals surface area (Å²) < 4.78 is 19.2. The molecule has 5 aromatic rings. The summed E-state index contributed by atoms with van der Waals surface area (Å²) in [5, 5.41) is 7.61. The van der Waals surface area contributed by atoms with Crippen LogP contribution in [0.1, 0.15) is 30.8 Å². The molecule has 0 bridgehead atoms. The number of benzene rings is 2. The molecule has 0 aliphatic carbocycles. The van der Waals surface area contributed by atoms with Crippen LogP contribution in [-0.4, -0.2) is 45.2 Å². The van der Waals surface area contributed by atoms with E-state index in [4.69, 9.17) is 18.9 Å². The third-order valence-electron chi connectivity index (χ3n) is 6.33. The molecular weight excluding hydrogens is 528 g/mol. The zero-order valence-corrected chi connectivity index (χ0v) is 22.9. The monoisotopic (exact) mass is 556 g/mol. The summed E-state index contributed by atoms with van der Waals surface area (Å²) in [4.78, 5) is 26.3. The Labute approximate surface area is 235 Å². The average molecular weight is 557 g/mol. The molecule has 1 aliphatic heterocycles. The van der Waals surface area contributed by atoms with Gasteiger partial charge in [0.25, 0.3) is 0 Å². The summed E-state index contributed by atoms with van der Waals surface area (Å²) in [6.07, 6.45) is 3.13. The Bertz CT molecular complexity index is 1650. The first kappa shape index (κ1) is 25.9. The summed E-state index contributed by atoms with van der Waals surface area (Å²) in [5.74, 6) is 2.70. The number of aromatic nitrogens is 4. The molecule has 0 saturated carbocycles. The van der Waals surface area contributed by atoms with Crippen molar-refractivity contribution >= 4 is 40.7 Å². The van der Waals surface area contributed by atoms with E-state index in [-0.39, 0.29) is 12.6 Å². The molecule has 10 nitrogen and oxygen atoms in total. The van der Waals surface area contributed by atoms with Crippen LogP contribution in [0.3, 0.4) is 0 Å². The minimum atomic E-state index is 0.145. The van der Waals surface area contributed by atoms with E-state index in [1.54, 1.807) is 18.5 Å². The zero-order valence-electron chi connectivity index (χ0n) is 22.1. The first-order valence-electron chi connectivity index (χ1n) is 13.0. The summed E-state index contributed by atoms with van der Waals surface area (Å²) in [6.45, 7) is 5.98. The van der Waals surface area contributed by atoms with E-state index < -0.39 is 0 Å². The molecular formula is C29H28N6O4S. The molecule has 204 valence electrons. The van der Waals surface area contributed by atoms with Crippen molar-refractivity contribution < 1.29 is 18.7 Å². The molecule has 40 heavy (non-hydrogen) atoms. The van der Waals surface area contributed by atoms with Gasteiger partial charge in [0.1, 0.15) is 12.1 Å². The normalized spacial score (nSPS) is 12.4. The highest BCUT2D eigenvalue weighted by Crippen LogP contribution is 2.45. The summed E-state index contributed by atoms with van der Waals surface area (Å²) in [7, 11) is 0. The fourth-order valence-electron chi connectivity index (χ4n) is 4.43. The lowest BCUT2D eigenvalue weighted by Crippen LogP contribution is -2.24. The predicted molar refractivity (Wildman–Crippen MR) is 153 cm³/mol. The number of hydrogen-bond acceptors (Lipinski definition) is 10. The molecule has 0 radical (unpaired) electrons. The van der Waals surface area contributed by atoms with Gasteiger partial charge in [-0.2, -0.15) is 0 Å². The second-order valence-corrected chi connectivity index (χ2v) is 10.5. The van der Waals surface area contributed by atoms with Crippen LogP contribution in [0.15, 0.2) is 75.4 Å². The van der Waals surface area contributed by atoms with Gasteiger partial charge in [-0.15, -0.1) is 0 Å². The van der Waals surface area contributed by atoms with Crippen LogP contribution < -0.4 is 20.1 Å². The van der Waals surface area contributed by atoms with Gasteiger partial charge in [-0.3, -0.25) is 4.79 Å². The molecule has 0 saturated heterocycles. The second kappa shape index (κ2) is 11.4. The molecule has 0 atom stereocenters. The highest BCUT2D eigenvalue weighted by molar-refractivity contribution is 7.99. The first-order chi connectivity index (χ1) is 19.6. The van der Waals surface area contributed by atoms with Crippen LogP contribution in [0.5, 0.6) is 11.5 Å². The molecule has 0 fully saturated rings. The fourth-order valence-corrected chi connectivity index (χ4v) is 5.49. The molecule has 11 heteroatoms. The van der Waals surface area contributed by atoms with E-state index >= 15 is 0 Å². The maximum absolute atomic E-state index is 11.3. The summed E-state index contributed by atoms with van der Waals surface area (Å²) >= 11 is 1.48. The van der Waals surface area contributed by atoms with E-state index in [1.807, 2.05) is 42.5 Å². The van der Waals surface area contributed by atoms with Gasteiger partial charge in [0.2, 0.25) is 6.79 Å². The van der Waals surface area contributed by atoms with E-state index in [9.17, 15) is 4.79 Å². The van der Waals surface area contributed by atoms with E-state index in [0.29, 0.717) is 47.5 Å². The largest absolute Gasteiger partial charge is 0.454 e. The number of rotatable bonds is 11. The topological polar surface area (TPSA) is 116 Å². The van der Waals surface area contributed by atoms with Gasteiger partial charge in [-0.05, 0) is 49.4 Å². The van der Waals surface area contributed by atoms with Crippen LogP contribution >= 0.6 is 11.8 Å². The van der Waals surface area contributed by atoms with Crippen molar-refractivity contribution in [2.75, 3.05) is 18.7 Å². The Balaban J connectivity index is 1.42. The Morgan fingerprint density at radius 3 is 2.67 bits per heavy atom. The zero-order chi connectivity index (χ0) is 27.5. The summed E-state index contributed by atoms with van der Waals surface area (Å²) in [6, 6.07) is 17.5. The molecule has 1 aliphatic rings. The van der Waals surface area contributed by atoms with Gasteiger partial charge in [0, 0.05) is 28.7 Å². The number of carbonyl (C=O) groups is 1. The van der Waals surface area contributed by atoms with Gasteiger partial charge in [-0.25, -0.2) is 15.0 Å². The smallest absolute Gasteiger partial charge is 0.231 e. The molecule has 0 amide bonds. The van der Waals surface area contributed by atoms with Crippen LogP contribution in [-0.2, 0) is 6.54 Å². The Hall–Kier alpha value is -4.35. The van der Waals surface area contributed by atoms with Gasteiger partial charge in [-0.1, -0.05) is 43.8 Å². The van der Waals surface area contributed by atoms with Crippen molar-refractivity contribution in [3.8, 4) is 22.8 Å². The molecule has 0 unspecified atom stereocenters. The number of hydrogen-bond donors (Lipinski definition) is 2. The number of anilines is 2. The van der Waals surface area contributed by atoms with Gasteiger partial charge in [0.15, 0.2) is 45.7 Å². The highest BCUT2D eigenvalue weighted by Gasteiger charge is 2.24. The number of nitrogens with one attached hydrogen (secondary N) is 2. The number of fused-ring (bicyclic) bond motifs is 2. The number of imidazole rings is 1. The molecule has 2 N–H and O–H groups in total. The Kier molecular flexibility index (Phi) is 7.39. The van der Waals surface area contributed by atoms with Gasteiger partial charge in [0.05, 0.1) is 0 Å². The first-order valence-corrected chi connectivity index (χ1v) is 13.8. The van der Waals surface area contributed by atoms with Gasteiger partial charge >= 0.3 is 0 Å². The number of ether oxygens (including phenoxy) is 2. The molecule has 6 rings (SSSR count). The number of nitrogens with zero attached hydrogens (tertiary/aromatic N) is 4. The van der Waals surface area contributed by atoms with E-state index in [1.165, 1.54) is 11.8 Å². The molecule has 0 spiro atoms. The standard InChI is InChI=1S/C29H28N6O4S/c1-18(2)30-11-6-12-35-28-26(27(31-16-32-28)33-19-7-4-3-5-8-19)34-29(35)40-25-14-24-23(37-17-38-24)13-21(25)22-10-9-20(15-36)39-22/h3-5,7-10,13-16,18,30H,6,11-12,17H2,1-2H3,(H,31,32,33). The molecule has 4 heterocycles. The minimum Gasteiger partial charge on any atom is -0.454 e. The third kappa shape index (κ3) is 5.38. The van der Waals surface area contributed by atoms with Crippen molar-refractivity contribution in [3.05, 3.63) is 66.7 Å². The third-order valence-corrected chi connectivity index (χ3v) is 7.38. The fraction of sp³-hybridized carbons (Fsp3) is 0.241. The molecule has 2 aromatic carbocycles. The number of aldehydes is 1. The number of furan rings is 1. The van der Waals surface area contributed by atoms with Crippen LogP contribution in [0.25, 0.3) is 22.5 Å². The highest BCUT2D eigenvalue weighted by atomic mass is 32.2. The van der Waals surface area contributed by atoms with E-state index in [0.717, 1.165) is 39.9 Å². The van der Waals surface area contributed by atoms with Crippen molar-refractivity contribution in [1.29, 1.82) is 0 Å². The number of aryl methyl sites for hydroxylation is 1. The Morgan fingerprint density at radius 2 is 1.90 bits per heavy atom. The molecule has 3 aromatic heterocycles. The van der Waals surface area contributed by atoms with Crippen molar-refractivity contribution in [2.24, 2.45) is 0 Å². The van der Waals surface area contributed by atoms with Crippen LogP contribution in [0.2, 0.25) is 0 Å².